The molecule has 2 aliphatic rings. The van der Waals surface area contributed by atoms with Crippen LogP contribution in [0.5, 0.6) is 0 Å². The van der Waals surface area contributed by atoms with E-state index < -0.39 is 0 Å². The van der Waals surface area contributed by atoms with Crippen LogP contribution in [0, 0.1) is 0 Å². The van der Waals surface area contributed by atoms with Crippen molar-refractivity contribution in [2.45, 2.75) is 20.3 Å². The van der Waals surface area contributed by atoms with Gasteiger partial charge in [-0.15, -0.1) is 0 Å². The number of benzene rings is 1. The van der Waals surface area contributed by atoms with Gasteiger partial charge in [0.15, 0.2) is 0 Å². The van der Waals surface area contributed by atoms with Crippen LogP contribution in [-0.2, 0) is 14.4 Å². The fourth-order valence-corrected chi connectivity index (χ4v) is 4.17. The molecule has 0 bridgehead atoms. The van der Waals surface area contributed by atoms with E-state index in [2.05, 4.69) is 15.2 Å². The van der Waals surface area contributed by atoms with Gasteiger partial charge in [-0.1, -0.05) is 25.1 Å². The summed E-state index contributed by atoms with van der Waals surface area (Å²) in [6.07, 6.45) is 2.47. The third-order valence-corrected chi connectivity index (χ3v) is 5.65. The second-order valence-electron chi connectivity index (χ2n) is 7.91. The molecule has 1 aromatic heterocycles. The third-order valence-electron chi connectivity index (χ3n) is 5.65. The number of anilines is 2. The van der Waals surface area contributed by atoms with Crippen LogP contribution >= 0.6 is 0 Å². The molecule has 2 aromatic rings. The molecule has 8 nitrogen and oxygen atoms in total. The number of carbonyl (C=O) groups is 3. The largest absolute Gasteiger partial charge is 0.363 e. The van der Waals surface area contributed by atoms with Crippen molar-refractivity contribution < 1.29 is 14.4 Å². The number of imide groups is 1. The molecule has 0 spiro atoms. The maximum Gasteiger partial charge on any atom is 0.277 e. The molecule has 1 aromatic carbocycles. The number of amides is 3. The Morgan fingerprint density at radius 2 is 1.66 bits per heavy atom. The van der Waals surface area contributed by atoms with Crippen molar-refractivity contribution in [3.8, 4) is 0 Å². The number of nitrogens with one attached hydrogen (secondary N) is 1. The van der Waals surface area contributed by atoms with Crippen LogP contribution in [0.15, 0.2) is 54.4 Å². The van der Waals surface area contributed by atoms with Crippen molar-refractivity contribution in [2.24, 2.45) is 0 Å². The molecule has 1 N–H and O–H groups in total. The lowest BCUT2D eigenvalue weighted by Gasteiger charge is -2.37. The van der Waals surface area contributed by atoms with E-state index in [0.29, 0.717) is 61.7 Å². The molecule has 8 heteroatoms. The van der Waals surface area contributed by atoms with Crippen molar-refractivity contribution in [1.29, 1.82) is 0 Å². The maximum absolute atomic E-state index is 13.3. The summed E-state index contributed by atoms with van der Waals surface area (Å²) in [5, 5.41) is 2.73. The van der Waals surface area contributed by atoms with Crippen LogP contribution < -0.4 is 10.2 Å². The van der Waals surface area contributed by atoms with Crippen molar-refractivity contribution >= 4 is 34.8 Å². The van der Waals surface area contributed by atoms with Crippen molar-refractivity contribution in [3.05, 3.63) is 59.9 Å². The van der Waals surface area contributed by atoms with E-state index in [1.165, 1.54) is 11.8 Å². The summed E-state index contributed by atoms with van der Waals surface area (Å²) >= 11 is 0. The standard InChI is InChI=1S/C24H27N5O3/c1-3-12-29-23(31)21(18-7-9-19(10-8-18)26-17(2)30)22(24(29)32)28-15-13-27(14-16-28)20-6-4-5-11-25-20/h4-11H,3,12-16H2,1-2H3,(H,26,30). The number of nitrogens with zero attached hydrogens (tertiary/aromatic N) is 4. The van der Waals surface area contributed by atoms with E-state index in [4.69, 9.17) is 0 Å². The molecule has 3 heterocycles. The average Bonchev–Trinajstić information content (AvgIpc) is 3.05. The molecule has 0 unspecified atom stereocenters. The second kappa shape index (κ2) is 9.21. The van der Waals surface area contributed by atoms with Crippen molar-refractivity contribution in [1.82, 2.24) is 14.8 Å². The fourth-order valence-electron chi connectivity index (χ4n) is 4.17. The Labute approximate surface area is 187 Å². The number of hydrogen-bond acceptors (Lipinski definition) is 6. The highest BCUT2D eigenvalue weighted by Crippen LogP contribution is 2.33. The molecule has 0 saturated carbocycles. The van der Waals surface area contributed by atoms with Gasteiger partial charge in [-0.2, -0.15) is 0 Å². The van der Waals surface area contributed by atoms with Gasteiger partial charge in [-0.05, 0) is 36.2 Å². The Bertz CT molecular complexity index is 1040. The number of aromatic nitrogens is 1. The molecular formula is C24H27N5O3. The molecule has 1 fully saturated rings. The van der Waals surface area contributed by atoms with Gasteiger partial charge in [0, 0.05) is 51.5 Å². The minimum Gasteiger partial charge on any atom is -0.363 e. The summed E-state index contributed by atoms with van der Waals surface area (Å²) in [7, 11) is 0. The van der Waals surface area contributed by atoms with Crippen LogP contribution in [0.2, 0.25) is 0 Å². The molecule has 4 rings (SSSR count). The van der Waals surface area contributed by atoms with Gasteiger partial charge in [-0.25, -0.2) is 4.98 Å². The van der Waals surface area contributed by atoms with Gasteiger partial charge < -0.3 is 15.1 Å². The molecule has 166 valence electrons. The number of piperazine rings is 1. The minimum atomic E-state index is -0.258. The summed E-state index contributed by atoms with van der Waals surface area (Å²) < 4.78 is 0. The Morgan fingerprint density at radius 1 is 0.969 bits per heavy atom. The predicted molar refractivity (Wildman–Crippen MR) is 123 cm³/mol. The van der Waals surface area contributed by atoms with E-state index in [9.17, 15) is 14.4 Å². The zero-order valence-electron chi connectivity index (χ0n) is 18.4. The first-order valence-corrected chi connectivity index (χ1v) is 10.9. The van der Waals surface area contributed by atoms with E-state index in [1.807, 2.05) is 30.0 Å². The van der Waals surface area contributed by atoms with Crippen LogP contribution in [0.1, 0.15) is 25.8 Å². The minimum absolute atomic E-state index is 0.162. The second-order valence-corrected chi connectivity index (χ2v) is 7.91. The summed E-state index contributed by atoms with van der Waals surface area (Å²) in [6.45, 7) is 6.46. The molecule has 3 amide bonds. The Morgan fingerprint density at radius 3 is 2.25 bits per heavy atom. The van der Waals surface area contributed by atoms with Crippen molar-refractivity contribution in [2.75, 3.05) is 42.9 Å². The zero-order chi connectivity index (χ0) is 22.7. The van der Waals surface area contributed by atoms with Crippen LogP contribution in [0.4, 0.5) is 11.5 Å². The molecule has 0 atom stereocenters. The summed E-state index contributed by atoms with van der Waals surface area (Å²) in [6, 6.07) is 12.9. The molecular weight excluding hydrogens is 406 g/mol. The average molecular weight is 434 g/mol. The lowest BCUT2D eigenvalue weighted by molar-refractivity contribution is -0.137. The fraction of sp³-hybridized carbons (Fsp3) is 0.333. The number of pyridine rings is 1. The quantitative estimate of drug-likeness (QED) is 0.704. The van der Waals surface area contributed by atoms with Gasteiger partial charge in [-0.3, -0.25) is 19.3 Å². The summed E-state index contributed by atoms with van der Waals surface area (Å²) in [5.41, 5.74) is 2.23. The predicted octanol–water partition coefficient (Wildman–Crippen LogP) is 2.35. The molecule has 0 radical (unpaired) electrons. The number of hydrogen-bond donors (Lipinski definition) is 1. The molecule has 2 aliphatic heterocycles. The van der Waals surface area contributed by atoms with Gasteiger partial charge in [0.1, 0.15) is 11.5 Å². The van der Waals surface area contributed by atoms with E-state index >= 15 is 0 Å². The van der Waals surface area contributed by atoms with Crippen LogP contribution in [0.25, 0.3) is 5.57 Å². The first-order chi connectivity index (χ1) is 15.5. The summed E-state index contributed by atoms with van der Waals surface area (Å²) in [4.78, 5) is 47.8. The van der Waals surface area contributed by atoms with E-state index in [-0.39, 0.29) is 17.7 Å². The smallest absolute Gasteiger partial charge is 0.277 e. The highest BCUT2D eigenvalue weighted by molar-refractivity contribution is 6.35. The van der Waals surface area contributed by atoms with Gasteiger partial charge in [0.2, 0.25) is 5.91 Å². The lowest BCUT2D eigenvalue weighted by Crippen LogP contribution is -2.48. The normalized spacial score (nSPS) is 16.8. The third kappa shape index (κ3) is 4.21. The zero-order valence-corrected chi connectivity index (χ0v) is 18.4. The maximum atomic E-state index is 13.3. The molecule has 1 saturated heterocycles. The van der Waals surface area contributed by atoms with E-state index in [1.54, 1.807) is 30.5 Å². The summed E-state index contributed by atoms with van der Waals surface area (Å²) in [5.74, 6) is 0.261. The van der Waals surface area contributed by atoms with Crippen LogP contribution in [-0.4, -0.2) is 65.2 Å². The Kier molecular flexibility index (Phi) is 6.20. The lowest BCUT2D eigenvalue weighted by atomic mass is 10.0. The monoisotopic (exact) mass is 433 g/mol. The SMILES string of the molecule is CCCN1C(=O)C(c2ccc(NC(C)=O)cc2)=C(N2CCN(c3ccccn3)CC2)C1=O. The topological polar surface area (TPSA) is 85.8 Å². The van der Waals surface area contributed by atoms with Crippen molar-refractivity contribution in [3.63, 3.8) is 0 Å². The molecule has 0 aliphatic carbocycles. The Hall–Kier alpha value is -3.68. The number of carbonyl (C=O) groups excluding carboxylic acids is 3. The highest BCUT2D eigenvalue weighted by Gasteiger charge is 2.41. The molecule has 32 heavy (non-hydrogen) atoms. The first kappa shape index (κ1) is 21.5. The van der Waals surface area contributed by atoms with Gasteiger partial charge >= 0.3 is 0 Å². The van der Waals surface area contributed by atoms with Gasteiger partial charge in [0.25, 0.3) is 11.8 Å². The number of rotatable bonds is 6. The first-order valence-electron chi connectivity index (χ1n) is 10.9. The highest BCUT2D eigenvalue weighted by atomic mass is 16.2. The van der Waals surface area contributed by atoms with E-state index in [0.717, 1.165) is 5.82 Å². The van der Waals surface area contributed by atoms with Gasteiger partial charge in [0.05, 0.1) is 5.57 Å². The Balaban J connectivity index is 1.63. The van der Waals surface area contributed by atoms with Crippen LogP contribution in [0.3, 0.4) is 0 Å².